The van der Waals surface area contributed by atoms with Crippen LogP contribution in [0.25, 0.3) is 0 Å². The highest BCUT2D eigenvalue weighted by atomic mass is 16.5. The van der Waals surface area contributed by atoms with Crippen LogP contribution in [0.4, 0.5) is 0 Å². The Bertz CT molecular complexity index is 780. The number of carbonyl (C=O) groups excluding carboxylic acids is 1. The molecule has 0 saturated carbocycles. The summed E-state index contributed by atoms with van der Waals surface area (Å²) in [4.78, 5) is 26.1. The predicted octanol–water partition coefficient (Wildman–Crippen LogP) is 4.01. The number of hydrogen-bond donors (Lipinski definition) is 2. The van der Waals surface area contributed by atoms with Crippen LogP contribution < -0.4 is 0 Å². The Labute approximate surface area is 154 Å². The van der Waals surface area contributed by atoms with Gasteiger partial charge in [0.1, 0.15) is 11.8 Å². The minimum Gasteiger partial charge on any atom is -0.477 e. The summed E-state index contributed by atoms with van der Waals surface area (Å²) in [7, 11) is 0. The summed E-state index contributed by atoms with van der Waals surface area (Å²) in [6.45, 7) is 9.81. The molecule has 2 heterocycles. The minimum absolute atomic E-state index is 0.152. The number of rotatable bonds is 8. The number of carboxylic acids is 1. The number of ether oxygens (including phenoxy) is 1. The van der Waals surface area contributed by atoms with Crippen molar-refractivity contribution >= 4 is 11.9 Å². The summed E-state index contributed by atoms with van der Waals surface area (Å²) in [5.41, 5.74) is 4.90. The molecular formula is C20H28N2O4. The summed E-state index contributed by atoms with van der Waals surface area (Å²) >= 11 is 0. The molecule has 6 nitrogen and oxygen atoms in total. The number of carboxylic acid groups (broad SMARTS) is 1. The molecule has 0 bridgehead atoms. The third-order valence-electron chi connectivity index (χ3n) is 4.75. The van der Waals surface area contributed by atoms with Crippen LogP contribution in [0.1, 0.15) is 78.7 Å². The molecule has 2 rings (SSSR count). The molecule has 0 amide bonds. The van der Waals surface area contributed by atoms with E-state index in [1.165, 1.54) is 18.1 Å². The summed E-state index contributed by atoms with van der Waals surface area (Å²) in [5.74, 6) is -1.38. The minimum atomic E-state index is -1.01. The Morgan fingerprint density at radius 3 is 2.19 bits per heavy atom. The van der Waals surface area contributed by atoms with Crippen LogP contribution in [0.5, 0.6) is 0 Å². The van der Waals surface area contributed by atoms with Crippen LogP contribution in [0.3, 0.4) is 0 Å². The van der Waals surface area contributed by atoms with Crippen molar-refractivity contribution in [1.82, 2.24) is 9.55 Å². The largest absolute Gasteiger partial charge is 0.477 e. The first-order chi connectivity index (χ1) is 12.3. The highest BCUT2D eigenvalue weighted by molar-refractivity contribution is 5.88. The number of esters is 1. The van der Waals surface area contributed by atoms with Gasteiger partial charge >= 0.3 is 11.9 Å². The van der Waals surface area contributed by atoms with Gasteiger partial charge in [-0.15, -0.1) is 0 Å². The lowest BCUT2D eigenvalue weighted by molar-refractivity contribution is -0.146. The average molecular weight is 360 g/mol. The fraction of sp³-hybridized carbons (Fsp3) is 0.500. The van der Waals surface area contributed by atoms with Crippen LogP contribution in [0, 0.1) is 6.92 Å². The zero-order chi connectivity index (χ0) is 19.4. The van der Waals surface area contributed by atoms with E-state index in [4.69, 9.17) is 4.74 Å². The highest BCUT2D eigenvalue weighted by Gasteiger charge is 2.26. The first kappa shape index (κ1) is 19.8. The number of aryl methyl sites for hydroxylation is 2. The second-order valence-electron chi connectivity index (χ2n) is 6.52. The van der Waals surface area contributed by atoms with Gasteiger partial charge in [0.25, 0.3) is 0 Å². The molecule has 0 fully saturated rings. The molecule has 142 valence electrons. The van der Waals surface area contributed by atoms with Gasteiger partial charge in [-0.3, -0.25) is 4.79 Å². The Morgan fingerprint density at radius 1 is 1.19 bits per heavy atom. The van der Waals surface area contributed by atoms with Crippen molar-refractivity contribution < 1.29 is 19.4 Å². The summed E-state index contributed by atoms with van der Waals surface area (Å²) in [5, 5.41) is 9.48. The van der Waals surface area contributed by atoms with E-state index in [0.717, 1.165) is 24.1 Å². The molecule has 26 heavy (non-hydrogen) atoms. The molecule has 0 aliphatic carbocycles. The van der Waals surface area contributed by atoms with Gasteiger partial charge in [-0.25, -0.2) is 4.79 Å². The topological polar surface area (TPSA) is 84.3 Å². The monoisotopic (exact) mass is 360 g/mol. The molecule has 2 aromatic rings. The maximum absolute atomic E-state index is 11.6. The number of nitrogens with zero attached hydrogens (tertiary/aromatic N) is 1. The van der Waals surface area contributed by atoms with E-state index in [2.05, 4.69) is 35.8 Å². The molecule has 1 atom stereocenters. The smallest absolute Gasteiger partial charge is 0.352 e. The van der Waals surface area contributed by atoms with Crippen molar-refractivity contribution in [1.29, 1.82) is 0 Å². The molecule has 1 unspecified atom stereocenters. The number of aromatic carboxylic acids is 1. The number of hydrogen-bond acceptors (Lipinski definition) is 3. The van der Waals surface area contributed by atoms with Gasteiger partial charge in [0.2, 0.25) is 0 Å². The number of aromatic amines is 1. The third kappa shape index (κ3) is 4.00. The molecule has 0 aliphatic heterocycles. The van der Waals surface area contributed by atoms with Gasteiger partial charge in [0, 0.05) is 30.6 Å². The van der Waals surface area contributed by atoms with Gasteiger partial charge < -0.3 is 19.4 Å². The quantitative estimate of drug-likeness (QED) is 0.697. The van der Waals surface area contributed by atoms with E-state index in [1.54, 1.807) is 6.92 Å². The predicted molar refractivity (Wildman–Crippen MR) is 99.6 cm³/mol. The standard InChI is InChI=1S/C20H28N2O4/c1-6-14-9-22(10-15(14)7-2)11-16-18(17(8-3)26-13(5)23)12(4)19(21-16)20(24)25/h9-10,17,21H,6-8,11H2,1-5H3,(H,24,25). The van der Waals surface area contributed by atoms with Gasteiger partial charge in [-0.05, 0) is 42.9 Å². The van der Waals surface area contributed by atoms with Crippen LogP contribution in [0.15, 0.2) is 12.4 Å². The lowest BCUT2D eigenvalue weighted by atomic mass is 10.0. The Kier molecular flexibility index (Phi) is 6.29. The molecule has 0 radical (unpaired) electrons. The highest BCUT2D eigenvalue weighted by Crippen LogP contribution is 2.31. The van der Waals surface area contributed by atoms with Gasteiger partial charge in [-0.2, -0.15) is 0 Å². The maximum atomic E-state index is 11.6. The number of carbonyl (C=O) groups is 2. The van der Waals surface area contributed by atoms with Crippen molar-refractivity contribution in [2.45, 2.75) is 66.5 Å². The van der Waals surface area contributed by atoms with E-state index >= 15 is 0 Å². The molecule has 6 heteroatoms. The number of H-pyrrole nitrogens is 1. The van der Waals surface area contributed by atoms with E-state index < -0.39 is 12.1 Å². The van der Waals surface area contributed by atoms with Crippen molar-refractivity contribution in [2.75, 3.05) is 0 Å². The average Bonchev–Trinajstić information content (AvgIpc) is 3.13. The number of aromatic nitrogens is 2. The van der Waals surface area contributed by atoms with Gasteiger partial charge in [0.05, 0.1) is 6.54 Å². The lowest BCUT2D eigenvalue weighted by Crippen LogP contribution is -2.11. The van der Waals surface area contributed by atoms with Gasteiger partial charge in [-0.1, -0.05) is 20.8 Å². The Balaban J connectivity index is 2.49. The summed E-state index contributed by atoms with van der Waals surface area (Å²) in [6.07, 6.45) is 6.24. The lowest BCUT2D eigenvalue weighted by Gasteiger charge is -2.17. The third-order valence-corrected chi connectivity index (χ3v) is 4.75. The normalized spacial score (nSPS) is 12.2. The summed E-state index contributed by atoms with van der Waals surface area (Å²) in [6, 6.07) is 0. The Hall–Kier alpha value is -2.50. The molecule has 0 aromatic carbocycles. The first-order valence-electron chi connectivity index (χ1n) is 9.11. The fourth-order valence-electron chi connectivity index (χ4n) is 3.51. The van der Waals surface area contributed by atoms with Crippen LogP contribution in [0.2, 0.25) is 0 Å². The molecule has 0 saturated heterocycles. The zero-order valence-electron chi connectivity index (χ0n) is 16.2. The van der Waals surface area contributed by atoms with Gasteiger partial charge in [0.15, 0.2) is 0 Å². The maximum Gasteiger partial charge on any atom is 0.352 e. The fourth-order valence-corrected chi connectivity index (χ4v) is 3.51. The molecule has 0 aliphatic rings. The van der Waals surface area contributed by atoms with Crippen molar-refractivity contribution in [3.8, 4) is 0 Å². The van der Waals surface area contributed by atoms with E-state index in [1.807, 2.05) is 6.92 Å². The molecular weight excluding hydrogens is 332 g/mol. The second kappa shape index (κ2) is 8.25. The number of nitrogens with one attached hydrogen (secondary N) is 1. The van der Waals surface area contributed by atoms with Crippen LogP contribution in [-0.2, 0) is 28.9 Å². The summed E-state index contributed by atoms with van der Waals surface area (Å²) < 4.78 is 7.52. The first-order valence-corrected chi connectivity index (χ1v) is 9.11. The van der Waals surface area contributed by atoms with E-state index in [9.17, 15) is 14.7 Å². The molecule has 2 N–H and O–H groups in total. The van der Waals surface area contributed by atoms with Crippen molar-refractivity contribution in [3.63, 3.8) is 0 Å². The van der Waals surface area contributed by atoms with E-state index in [0.29, 0.717) is 18.5 Å². The molecule has 0 spiro atoms. The van der Waals surface area contributed by atoms with Crippen LogP contribution >= 0.6 is 0 Å². The zero-order valence-corrected chi connectivity index (χ0v) is 16.2. The van der Waals surface area contributed by atoms with Crippen molar-refractivity contribution in [3.05, 3.63) is 46.0 Å². The second-order valence-corrected chi connectivity index (χ2v) is 6.52. The van der Waals surface area contributed by atoms with Crippen LogP contribution in [-0.4, -0.2) is 26.6 Å². The molecule has 2 aromatic heterocycles. The SMILES string of the molecule is CCc1cn(Cc2[nH]c(C(=O)O)c(C)c2C(CC)OC(C)=O)cc1CC. The van der Waals surface area contributed by atoms with E-state index in [-0.39, 0.29) is 11.7 Å². The van der Waals surface area contributed by atoms with Crippen molar-refractivity contribution in [2.24, 2.45) is 0 Å². The Morgan fingerprint density at radius 2 is 1.77 bits per heavy atom.